The molecule has 18 heavy (non-hydrogen) atoms. The van der Waals surface area contributed by atoms with Crippen LogP contribution in [-0.4, -0.2) is 25.8 Å². The molecule has 0 aliphatic carbocycles. The van der Waals surface area contributed by atoms with Crippen molar-refractivity contribution in [2.45, 2.75) is 19.4 Å². The largest absolute Gasteiger partial charge is 0.481 e. The van der Waals surface area contributed by atoms with Gasteiger partial charge < -0.3 is 5.11 Å². The molecule has 0 fully saturated rings. The number of hydrogen-bond acceptors (Lipinski definition) is 4. The van der Waals surface area contributed by atoms with Crippen LogP contribution < -0.4 is 0 Å². The number of aryl methyl sites for hydroxylation is 1. The third-order valence-corrected chi connectivity index (χ3v) is 4.24. The van der Waals surface area contributed by atoms with Gasteiger partial charge in [0.25, 0.3) is 0 Å². The van der Waals surface area contributed by atoms with Gasteiger partial charge in [-0.05, 0) is 18.6 Å². The zero-order valence-electron chi connectivity index (χ0n) is 9.34. The number of aliphatic carboxylic acids is 1. The van der Waals surface area contributed by atoms with Crippen LogP contribution in [0.5, 0.6) is 0 Å². The molecule has 2 aromatic heterocycles. The molecule has 3 rings (SSSR count). The summed E-state index contributed by atoms with van der Waals surface area (Å²) >= 11 is 7.30. The van der Waals surface area contributed by atoms with Crippen molar-refractivity contribution in [1.29, 1.82) is 0 Å². The number of carboxylic acid groups (broad SMARTS) is 1. The van der Waals surface area contributed by atoms with Crippen LogP contribution in [0.25, 0.3) is 10.7 Å². The minimum Gasteiger partial charge on any atom is -0.481 e. The van der Waals surface area contributed by atoms with Crippen molar-refractivity contribution in [3.05, 3.63) is 22.3 Å². The average Bonchev–Trinajstić information content (AvgIpc) is 2.93. The summed E-state index contributed by atoms with van der Waals surface area (Å²) in [6.45, 7) is 0.610. The van der Waals surface area contributed by atoms with Gasteiger partial charge >= 0.3 is 5.97 Å². The van der Waals surface area contributed by atoms with Gasteiger partial charge in [0.15, 0.2) is 5.82 Å². The number of aromatic nitrogens is 3. The molecule has 5 nitrogen and oxygen atoms in total. The monoisotopic (exact) mass is 283 g/mol. The lowest BCUT2D eigenvalue weighted by Crippen LogP contribution is -2.26. The number of carbonyl (C=O) groups is 1. The zero-order valence-corrected chi connectivity index (χ0v) is 10.9. The molecule has 2 aromatic rings. The first-order chi connectivity index (χ1) is 8.63. The highest BCUT2D eigenvalue weighted by Gasteiger charge is 2.27. The van der Waals surface area contributed by atoms with E-state index in [0.29, 0.717) is 29.5 Å². The Kier molecular flexibility index (Phi) is 2.83. The van der Waals surface area contributed by atoms with Crippen LogP contribution in [0.15, 0.2) is 12.1 Å². The zero-order chi connectivity index (χ0) is 12.7. The van der Waals surface area contributed by atoms with Crippen molar-refractivity contribution in [1.82, 2.24) is 14.8 Å². The summed E-state index contributed by atoms with van der Waals surface area (Å²) in [6, 6.07) is 3.69. The number of hydrogen-bond donors (Lipinski definition) is 1. The summed E-state index contributed by atoms with van der Waals surface area (Å²) in [7, 11) is 0. The molecule has 0 bridgehead atoms. The number of carboxylic acids is 1. The maximum Gasteiger partial charge on any atom is 0.307 e. The molecule has 1 atom stereocenters. The predicted molar refractivity (Wildman–Crippen MR) is 67.8 cm³/mol. The van der Waals surface area contributed by atoms with Crippen molar-refractivity contribution < 1.29 is 9.90 Å². The minimum atomic E-state index is -0.759. The smallest absolute Gasteiger partial charge is 0.307 e. The van der Waals surface area contributed by atoms with Crippen molar-refractivity contribution >= 4 is 28.9 Å². The van der Waals surface area contributed by atoms with E-state index in [1.165, 1.54) is 11.3 Å². The van der Waals surface area contributed by atoms with E-state index >= 15 is 0 Å². The Labute approximate surface area is 112 Å². The summed E-state index contributed by atoms with van der Waals surface area (Å²) in [6.07, 6.45) is 1.05. The summed E-state index contributed by atoms with van der Waals surface area (Å²) in [4.78, 5) is 16.3. The van der Waals surface area contributed by atoms with Crippen molar-refractivity contribution in [3.63, 3.8) is 0 Å². The van der Waals surface area contributed by atoms with E-state index in [1.54, 1.807) is 4.68 Å². The van der Waals surface area contributed by atoms with E-state index in [-0.39, 0.29) is 5.92 Å². The lowest BCUT2D eigenvalue weighted by Gasteiger charge is -2.17. The van der Waals surface area contributed by atoms with Gasteiger partial charge in [0, 0.05) is 13.0 Å². The number of fused-ring (bicyclic) bond motifs is 1. The minimum absolute atomic E-state index is 0.346. The Morgan fingerprint density at radius 3 is 3.06 bits per heavy atom. The van der Waals surface area contributed by atoms with Crippen molar-refractivity contribution in [3.8, 4) is 10.7 Å². The summed E-state index contributed by atoms with van der Waals surface area (Å²) in [5.41, 5.74) is 0. The van der Waals surface area contributed by atoms with E-state index < -0.39 is 5.97 Å². The van der Waals surface area contributed by atoms with Gasteiger partial charge in [0.1, 0.15) is 5.82 Å². The van der Waals surface area contributed by atoms with Gasteiger partial charge in [-0.3, -0.25) is 4.79 Å². The maximum atomic E-state index is 11.0. The first kappa shape index (κ1) is 11.7. The highest BCUT2D eigenvalue weighted by molar-refractivity contribution is 7.19. The van der Waals surface area contributed by atoms with Gasteiger partial charge in [-0.15, -0.1) is 16.4 Å². The molecule has 0 saturated carbocycles. The Morgan fingerprint density at radius 1 is 1.56 bits per heavy atom. The van der Waals surface area contributed by atoms with Crippen LogP contribution in [0.1, 0.15) is 12.2 Å². The normalized spacial score (nSPS) is 18.6. The van der Waals surface area contributed by atoms with Gasteiger partial charge in [-0.2, -0.15) is 0 Å². The predicted octanol–water partition coefficient (Wildman–Crippen LogP) is 2.31. The fourth-order valence-corrected chi connectivity index (χ4v) is 3.03. The molecule has 94 valence electrons. The number of thiophene rings is 1. The van der Waals surface area contributed by atoms with Crippen LogP contribution in [0.2, 0.25) is 4.34 Å². The standard InChI is InChI=1S/C11H10ClN3O2S/c12-8-2-1-7(18-8)10-13-9-5-6(11(16)17)3-4-15(9)14-10/h1-2,6H,3-5H2,(H,16,17). The van der Waals surface area contributed by atoms with E-state index in [2.05, 4.69) is 10.1 Å². The van der Waals surface area contributed by atoms with Crippen LogP contribution in [0.4, 0.5) is 0 Å². The summed E-state index contributed by atoms with van der Waals surface area (Å²) in [5, 5.41) is 13.4. The molecule has 3 heterocycles. The molecule has 0 amide bonds. The number of nitrogens with zero attached hydrogens (tertiary/aromatic N) is 3. The second kappa shape index (κ2) is 4.37. The Hall–Kier alpha value is -1.40. The molecule has 1 aliphatic rings. The molecule has 0 aromatic carbocycles. The lowest BCUT2D eigenvalue weighted by atomic mass is 9.98. The first-order valence-electron chi connectivity index (χ1n) is 5.56. The SMILES string of the molecule is O=C(O)C1CCn2nc(-c3ccc(Cl)s3)nc2C1. The van der Waals surface area contributed by atoms with Gasteiger partial charge in [0.05, 0.1) is 15.1 Å². The van der Waals surface area contributed by atoms with E-state index in [4.69, 9.17) is 16.7 Å². The maximum absolute atomic E-state index is 11.0. The Bertz CT molecular complexity index is 607. The summed E-state index contributed by atoms with van der Waals surface area (Å²) in [5.74, 6) is 0.271. The molecule has 1 unspecified atom stereocenters. The molecule has 1 aliphatic heterocycles. The second-order valence-corrected chi connectivity index (χ2v) is 5.92. The molecular weight excluding hydrogens is 274 g/mol. The van der Waals surface area contributed by atoms with E-state index in [1.807, 2.05) is 12.1 Å². The number of rotatable bonds is 2. The van der Waals surface area contributed by atoms with E-state index in [9.17, 15) is 4.79 Å². The topological polar surface area (TPSA) is 68.0 Å². The fourth-order valence-electron chi connectivity index (χ4n) is 2.05. The lowest BCUT2D eigenvalue weighted by molar-refractivity contribution is -0.142. The van der Waals surface area contributed by atoms with Crippen LogP contribution in [0.3, 0.4) is 0 Å². The molecule has 7 heteroatoms. The summed E-state index contributed by atoms with van der Waals surface area (Å²) < 4.78 is 2.49. The van der Waals surface area contributed by atoms with Gasteiger partial charge in [-0.25, -0.2) is 9.67 Å². The highest BCUT2D eigenvalue weighted by Crippen LogP contribution is 2.30. The van der Waals surface area contributed by atoms with Crippen LogP contribution in [-0.2, 0) is 17.8 Å². The van der Waals surface area contributed by atoms with E-state index in [0.717, 1.165) is 10.7 Å². The molecule has 1 N–H and O–H groups in total. The molecule has 0 spiro atoms. The molecule has 0 radical (unpaired) electrons. The average molecular weight is 284 g/mol. The van der Waals surface area contributed by atoms with Crippen LogP contribution in [0, 0.1) is 5.92 Å². The first-order valence-corrected chi connectivity index (χ1v) is 6.75. The third kappa shape index (κ3) is 2.02. The van der Waals surface area contributed by atoms with Gasteiger partial charge in [-0.1, -0.05) is 11.6 Å². The van der Waals surface area contributed by atoms with Crippen molar-refractivity contribution in [2.75, 3.05) is 0 Å². The fraction of sp³-hybridized carbons (Fsp3) is 0.364. The van der Waals surface area contributed by atoms with Crippen molar-refractivity contribution in [2.24, 2.45) is 5.92 Å². The van der Waals surface area contributed by atoms with Crippen LogP contribution >= 0.6 is 22.9 Å². The number of halogens is 1. The molecular formula is C11H10ClN3O2S. The highest BCUT2D eigenvalue weighted by atomic mass is 35.5. The third-order valence-electron chi connectivity index (χ3n) is 3.01. The second-order valence-electron chi connectivity index (χ2n) is 4.21. The molecule has 0 saturated heterocycles. The van der Waals surface area contributed by atoms with Gasteiger partial charge in [0.2, 0.25) is 0 Å². The Morgan fingerprint density at radius 2 is 2.39 bits per heavy atom. The Balaban J connectivity index is 1.91. The quantitative estimate of drug-likeness (QED) is 0.918.